The molecule has 2 N–H and O–H groups in total. The molecule has 1 fully saturated rings. The zero-order valence-corrected chi connectivity index (χ0v) is 17.0. The average Bonchev–Trinajstić information content (AvgIpc) is 3.35. The van der Waals surface area contributed by atoms with Crippen LogP contribution >= 0.6 is 0 Å². The Hall–Kier alpha value is -3.47. The van der Waals surface area contributed by atoms with E-state index < -0.39 is 18.4 Å². The SMILES string of the molecule is Cn1cc(-c2nc(C(=O)N[C@@H]3CCC[C@H]3O)cc(-c3ccc(OC(F)(F)F)cc3)n2)cn1. The lowest BCUT2D eigenvalue weighted by Gasteiger charge is -2.16. The van der Waals surface area contributed by atoms with Crippen molar-refractivity contribution in [2.24, 2.45) is 7.05 Å². The Morgan fingerprint density at radius 2 is 1.94 bits per heavy atom. The smallest absolute Gasteiger partial charge is 0.406 e. The summed E-state index contributed by atoms with van der Waals surface area (Å²) in [6.07, 6.45) is -0.0779. The van der Waals surface area contributed by atoms with E-state index in [9.17, 15) is 23.1 Å². The molecule has 1 aliphatic carbocycles. The van der Waals surface area contributed by atoms with Gasteiger partial charge in [-0.05, 0) is 49.6 Å². The summed E-state index contributed by atoms with van der Waals surface area (Å²) in [5.74, 6) is -0.596. The van der Waals surface area contributed by atoms with Crippen LogP contribution in [0, 0.1) is 0 Å². The molecule has 1 aliphatic rings. The number of halogens is 3. The van der Waals surface area contributed by atoms with Gasteiger partial charge in [0.15, 0.2) is 5.82 Å². The molecule has 4 rings (SSSR count). The van der Waals surface area contributed by atoms with Gasteiger partial charge in [0.1, 0.15) is 11.4 Å². The van der Waals surface area contributed by atoms with Crippen molar-refractivity contribution >= 4 is 5.91 Å². The molecule has 0 bridgehead atoms. The first-order chi connectivity index (χ1) is 15.2. The third-order valence-electron chi connectivity index (χ3n) is 5.10. The molecule has 3 aromatic rings. The summed E-state index contributed by atoms with van der Waals surface area (Å²) >= 11 is 0. The molecule has 0 radical (unpaired) electrons. The maximum absolute atomic E-state index is 12.9. The third-order valence-corrected chi connectivity index (χ3v) is 5.10. The van der Waals surface area contributed by atoms with Gasteiger partial charge < -0.3 is 15.2 Å². The van der Waals surface area contributed by atoms with Gasteiger partial charge >= 0.3 is 6.36 Å². The third kappa shape index (κ3) is 5.05. The van der Waals surface area contributed by atoms with Gasteiger partial charge in [0.2, 0.25) is 0 Å². The van der Waals surface area contributed by atoms with Crippen molar-refractivity contribution in [3.63, 3.8) is 0 Å². The Balaban J connectivity index is 1.68. The number of carbonyl (C=O) groups excluding carboxylic acids is 1. The van der Waals surface area contributed by atoms with Crippen molar-refractivity contribution in [2.75, 3.05) is 0 Å². The fraction of sp³-hybridized carbons (Fsp3) is 0.333. The molecule has 168 valence electrons. The molecule has 2 heterocycles. The fourth-order valence-corrected chi connectivity index (χ4v) is 3.56. The maximum atomic E-state index is 12.9. The minimum Gasteiger partial charge on any atom is -0.406 e. The molecule has 11 heteroatoms. The molecular formula is C21H20F3N5O3. The van der Waals surface area contributed by atoms with Crippen LogP contribution in [0.1, 0.15) is 29.8 Å². The predicted molar refractivity (Wildman–Crippen MR) is 107 cm³/mol. The van der Waals surface area contributed by atoms with Crippen LogP contribution in [0.5, 0.6) is 5.75 Å². The van der Waals surface area contributed by atoms with E-state index in [0.717, 1.165) is 6.42 Å². The monoisotopic (exact) mass is 447 g/mol. The second-order valence-electron chi connectivity index (χ2n) is 7.52. The molecule has 8 nitrogen and oxygen atoms in total. The Labute approximate surface area is 181 Å². The summed E-state index contributed by atoms with van der Waals surface area (Å²) in [4.78, 5) is 21.7. The maximum Gasteiger partial charge on any atom is 0.573 e. The lowest BCUT2D eigenvalue weighted by Crippen LogP contribution is -2.40. The van der Waals surface area contributed by atoms with Gasteiger partial charge in [-0.3, -0.25) is 9.48 Å². The number of nitrogens with one attached hydrogen (secondary N) is 1. The van der Waals surface area contributed by atoms with Gasteiger partial charge in [0, 0.05) is 18.8 Å². The van der Waals surface area contributed by atoms with Gasteiger partial charge in [-0.2, -0.15) is 5.10 Å². The molecule has 1 aromatic carbocycles. The van der Waals surface area contributed by atoms with Crippen LogP contribution in [-0.2, 0) is 7.05 Å². The molecule has 0 unspecified atom stereocenters. The number of carbonyl (C=O) groups is 1. The highest BCUT2D eigenvalue weighted by Crippen LogP contribution is 2.27. The zero-order chi connectivity index (χ0) is 22.9. The quantitative estimate of drug-likeness (QED) is 0.623. The highest BCUT2D eigenvalue weighted by Gasteiger charge is 2.31. The summed E-state index contributed by atoms with van der Waals surface area (Å²) < 4.78 is 42.8. The van der Waals surface area contributed by atoms with Crippen LogP contribution in [0.15, 0.2) is 42.7 Å². The molecule has 0 saturated heterocycles. The number of amides is 1. The number of hydrogen-bond acceptors (Lipinski definition) is 6. The van der Waals surface area contributed by atoms with Gasteiger partial charge in [0.25, 0.3) is 5.91 Å². The zero-order valence-electron chi connectivity index (χ0n) is 17.0. The molecule has 1 saturated carbocycles. The van der Waals surface area contributed by atoms with E-state index in [1.165, 1.54) is 30.3 Å². The van der Waals surface area contributed by atoms with E-state index in [4.69, 9.17) is 0 Å². The summed E-state index contributed by atoms with van der Waals surface area (Å²) in [6.45, 7) is 0. The van der Waals surface area contributed by atoms with Crippen LogP contribution < -0.4 is 10.1 Å². The van der Waals surface area contributed by atoms with Gasteiger partial charge in [0.05, 0.1) is 29.6 Å². The van der Waals surface area contributed by atoms with Crippen LogP contribution in [0.25, 0.3) is 22.6 Å². The van der Waals surface area contributed by atoms with E-state index in [2.05, 4.69) is 25.1 Å². The number of benzene rings is 1. The summed E-state index contributed by atoms with van der Waals surface area (Å²) in [5, 5.41) is 16.9. The van der Waals surface area contributed by atoms with Crippen LogP contribution in [0.2, 0.25) is 0 Å². The number of aliphatic hydroxyl groups is 1. The van der Waals surface area contributed by atoms with Crippen molar-refractivity contribution in [3.05, 3.63) is 48.4 Å². The second-order valence-corrected chi connectivity index (χ2v) is 7.52. The van der Waals surface area contributed by atoms with Crippen molar-refractivity contribution in [1.29, 1.82) is 0 Å². The number of hydrogen-bond donors (Lipinski definition) is 2. The van der Waals surface area contributed by atoms with Gasteiger partial charge in [-0.15, -0.1) is 13.2 Å². The topological polar surface area (TPSA) is 102 Å². The predicted octanol–water partition coefficient (Wildman–Crippen LogP) is 3.09. The first kappa shape index (κ1) is 21.8. The number of nitrogens with zero attached hydrogens (tertiary/aromatic N) is 4. The average molecular weight is 447 g/mol. The number of aromatic nitrogens is 4. The van der Waals surface area contributed by atoms with Crippen molar-refractivity contribution < 1.29 is 27.8 Å². The lowest BCUT2D eigenvalue weighted by atomic mass is 10.1. The van der Waals surface area contributed by atoms with Crippen LogP contribution in [-0.4, -0.2) is 49.3 Å². The van der Waals surface area contributed by atoms with E-state index >= 15 is 0 Å². The Morgan fingerprint density at radius 3 is 2.53 bits per heavy atom. The minimum absolute atomic E-state index is 0.0728. The first-order valence-electron chi connectivity index (χ1n) is 9.91. The molecule has 32 heavy (non-hydrogen) atoms. The van der Waals surface area contributed by atoms with Crippen molar-refractivity contribution in [1.82, 2.24) is 25.1 Å². The summed E-state index contributed by atoms with van der Waals surface area (Å²) in [7, 11) is 1.72. The molecular weight excluding hydrogens is 427 g/mol. The van der Waals surface area contributed by atoms with Crippen molar-refractivity contribution in [3.8, 4) is 28.4 Å². The Morgan fingerprint density at radius 1 is 1.19 bits per heavy atom. The number of ether oxygens (including phenoxy) is 1. The molecule has 0 aliphatic heterocycles. The van der Waals surface area contributed by atoms with Crippen molar-refractivity contribution in [2.45, 2.75) is 37.8 Å². The Bertz CT molecular complexity index is 1110. The van der Waals surface area contributed by atoms with E-state index in [1.807, 2.05) is 0 Å². The standard InChI is InChI=1S/C21H20F3N5O3/c1-29-11-13(10-25-29)19-26-16(12-5-7-14(8-6-12)32-21(22,23)24)9-17(27-19)20(31)28-15-3-2-4-18(15)30/h5-11,15,18,30H,2-4H2,1H3,(H,28,31)/t15-,18-/m1/s1. The summed E-state index contributed by atoms with van der Waals surface area (Å²) in [5.41, 5.74) is 1.46. The van der Waals surface area contributed by atoms with E-state index in [0.29, 0.717) is 29.7 Å². The van der Waals surface area contributed by atoms with Gasteiger partial charge in [-0.1, -0.05) is 0 Å². The number of rotatable bonds is 5. The Kier molecular flexibility index (Phi) is 5.83. The second kappa shape index (κ2) is 8.58. The normalized spacial score (nSPS) is 18.5. The molecule has 2 atom stereocenters. The lowest BCUT2D eigenvalue weighted by molar-refractivity contribution is -0.274. The van der Waals surface area contributed by atoms with Gasteiger partial charge in [-0.25, -0.2) is 9.97 Å². The highest BCUT2D eigenvalue weighted by molar-refractivity contribution is 5.94. The molecule has 0 spiro atoms. The van der Waals surface area contributed by atoms with E-state index in [-0.39, 0.29) is 23.3 Å². The summed E-state index contributed by atoms with van der Waals surface area (Å²) in [6, 6.07) is 6.27. The van der Waals surface area contributed by atoms with Crippen LogP contribution in [0.3, 0.4) is 0 Å². The number of aliphatic hydroxyl groups excluding tert-OH is 1. The molecule has 2 aromatic heterocycles. The van der Waals surface area contributed by atoms with Crippen LogP contribution in [0.4, 0.5) is 13.2 Å². The fourth-order valence-electron chi connectivity index (χ4n) is 3.56. The first-order valence-corrected chi connectivity index (χ1v) is 9.91. The van der Waals surface area contributed by atoms with E-state index in [1.54, 1.807) is 24.1 Å². The number of aryl methyl sites for hydroxylation is 1. The minimum atomic E-state index is -4.79. The number of alkyl halides is 3. The largest absolute Gasteiger partial charge is 0.573 e. The molecule has 1 amide bonds. The highest BCUT2D eigenvalue weighted by atomic mass is 19.4.